The van der Waals surface area contributed by atoms with Crippen LogP contribution >= 0.6 is 46.6 Å². The second-order valence-electron chi connectivity index (χ2n) is 6.88. The summed E-state index contributed by atoms with van der Waals surface area (Å²) in [6, 6.07) is 8.81. The Morgan fingerprint density at radius 3 is 2.23 bits per heavy atom. The molecule has 1 N–H and O–H groups in total. The SMILES string of the molecule is CCCNC(=O)[C@H](C)N(Cc1c(Cl)cccc1Cl)C(=O)CSCc1c(F)cccc1Cl. The summed E-state index contributed by atoms with van der Waals surface area (Å²) in [5, 5.41) is 3.95. The number of hydrogen-bond acceptors (Lipinski definition) is 3. The fraction of sp³-hybridized carbons (Fsp3) is 0.364. The van der Waals surface area contributed by atoms with Crippen LogP contribution in [0, 0.1) is 5.82 Å². The molecule has 0 aromatic heterocycles. The molecule has 2 aromatic carbocycles. The monoisotopic (exact) mass is 504 g/mol. The number of benzene rings is 2. The summed E-state index contributed by atoms with van der Waals surface area (Å²) in [4.78, 5) is 27.0. The van der Waals surface area contributed by atoms with E-state index in [1.165, 1.54) is 28.8 Å². The molecule has 0 saturated carbocycles. The van der Waals surface area contributed by atoms with Gasteiger partial charge in [-0.1, -0.05) is 53.9 Å². The first-order valence-electron chi connectivity index (χ1n) is 9.76. The number of halogens is 4. The van der Waals surface area contributed by atoms with Gasteiger partial charge < -0.3 is 10.2 Å². The number of carbonyl (C=O) groups excluding carboxylic acids is 2. The smallest absolute Gasteiger partial charge is 0.242 e. The lowest BCUT2D eigenvalue weighted by atomic mass is 10.1. The molecule has 0 aliphatic carbocycles. The van der Waals surface area contributed by atoms with Crippen LogP contribution in [0.3, 0.4) is 0 Å². The lowest BCUT2D eigenvalue weighted by Gasteiger charge is -2.29. The fourth-order valence-electron chi connectivity index (χ4n) is 2.83. The Bertz CT molecular complexity index is 889. The van der Waals surface area contributed by atoms with Crippen molar-refractivity contribution in [2.24, 2.45) is 0 Å². The van der Waals surface area contributed by atoms with Gasteiger partial charge in [0, 0.05) is 45.0 Å². The quantitative estimate of drug-likeness (QED) is 0.433. The number of amides is 2. The lowest BCUT2D eigenvalue weighted by molar-refractivity contribution is -0.138. The highest BCUT2D eigenvalue weighted by atomic mass is 35.5. The van der Waals surface area contributed by atoms with Crippen LogP contribution in [0.2, 0.25) is 15.1 Å². The fourth-order valence-corrected chi connectivity index (χ4v) is 4.59. The molecule has 0 heterocycles. The summed E-state index contributed by atoms with van der Waals surface area (Å²) < 4.78 is 14.0. The summed E-state index contributed by atoms with van der Waals surface area (Å²) >= 11 is 19.8. The number of carbonyl (C=O) groups is 2. The van der Waals surface area contributed by atoms with E-state index in [-0.39, 0.29) is 29.9 Å². The Kier molecular flexibility index (Phi) is 10.4. The minimum Gasteiger partial charge on any atom is -0.354 e. The zero-order chi connectivity index (χ0) is 23.0. The maximum absolute atomic E-state index is 14.0. The Labute approximate surface area is 201 Å². The van der Waals surface area contributed by atoms with Gasteiger partial charge in [0.2, 0.25) is 11.8 Å². The highest BCUT2D eigenvalue weighted by Gasteiger charge is 2.27. The molecule has 0 unspecified atom stereocenters. The molecule has 2 amide bonds. The topological polar surface area (TPSA) is 49.4 Å². The van der Waals surface area contributed by atoms with Gasteiger partial charge in [-0.3, -0.25) is 9.59 Å². The van der Waals surface area contributed by atoms with Crippen molar-refractivity contribution in [3.8, 4) is 0 Å². The Balaban J connectivity index is 2.16. The number of nitrogens with one attached hydrogen (secondary N) is 1. The first kappa shape index (κ1) is 25.8. The predicted molar refractivity (Wildman–Crippen MR) is 127 cm³/mol. The molecule has 1 atom stereocenters. The minimum atomic E-state index is -0.732. The van der Waals surface area contributed by atoms with Gasteiger partial charge in [0.15, 0.2) is 0 Å². The molecule has 0 fully saturated rings. The van der Waals surface area contributed by atoms with E-state index in [1.54, 1.807) is 31.2 Å². The predicted octanol–water partition coefficient (Wildman–Crippen LogP) is 5.96. The van der Waals surface area contributed by atoms with Crippen molar-refractivity contribution in [3.05, 3.63) is 68.4 Å². The van der Waals surface area contributed by atoms with Crippen LogP contribution in [0.1, 0.15) is 31.4 Å². The van der Waals surface area contributed by atoms with E-state index in [1.807, 2.05) is 6.92 Å². The van der Waals surface area contributed by atoms with Crippen LogP contribution in [0.4, 0.5) is 4.39 Å². The normalized spacial score (nSPS) is 11.8. The van der Waals surface area contributed by atoms with Crippen LogP contribution in [-0.4, -0.2) is 35.1 Å². The highest BCUT2D eigenvalue weighted by molar-refractivity contribution is 7.99. The van der Waals surface area contributed by atoms with Crippen molar-refractivity contribution >= 4 is 58.4 Å². The van der Waals surface area contributed by atoms with Gasteiger partial charge in [0.05, 0.1) is 5.75 Å². The third kappa shape index (κ3) is 7.28. The second kappa shape index (κ2) is 12.5. The molecule has 0 aliphatic heterocycles. The van der Waals surface area contributed by atoms with Gasteiger partial charge in [-0.15, -0.1) is 11.8 Å². The average Bonchev–Trinajstić information content (AvgIpc) is 2.73. The van der Waals surface area contributed by atoms with E-state index in [4.69, 9.17) is 34.8 Å². The molecule has 0 aliphatic rings. The van der Waals surface area contributed by atoms with Crippen molar-refractivity contribution in [2.75, 3.05) is 12.3 Å². The molecule has 0 saturated heterocycles. The largest absolute Gasteiger partial charge is 0.354 e. The van der Waals surface area contributed by atoms with Gasteiger partial charge in [-0.25, -0.2) is 4.39 Å². The summed E-state index contributed by atoms with van der Waals surface area (Å²) in [6.07, 6.45) is 0.780. The first-order chi connectivity index (χ1) is 14.8. The highest BCUT2D eigenvalue weighted by Crippen LogP contribution is 2.28. The van der Waals surface area contributed by atoms with Crippen LogP contribution < -0.4 is 5.32 Å². The van der Waals surface area contributed by atoms with Crippen molar-refractivity contribution in [3.63, 3.8) is 0 Å². The standard InChI is InChI=1S/C22H24Cl3FN2O2S/c1-3-10-27-22(30)14(2)28(11-15-17(23)6-4-7-18(15)24)21(29)13-31-12-16-19(25)8-5-9-20(16)26/h4-9,14H,3,10-13H2,1-2H3,(H,27,30)/t14-/m0/s1. The van der Waals surface area contributed by atoms with Crippen molar-refractivity contribution in [1.29, 1.82) is 0 Å². The molecular weight excluding hydrogens is 482 g/mol. The van der Waals surface area contributed by atoms with Gasteiger partial charge in [-0.05, 0) is 37.6 Å². The van der Waals surface area contributed by atoms with Crippen LogP contribution in [0.25, 0.3) is 0 Å². The first-order valence-corrected chi connectivity index (χ1v) is 12.1. The summed E-state index contributed by atoms with van der Waals surface area (Å²) in [5.41, 5.74) is 0.910. The third-order valence-corrected chi connectivity index (χ3v) is 6.65. The molecule has 2 aromatic rings. The summed E-state index contributed by atoms with van der Waals surface area (Å²) in [5.74, 6) is -0.695. The number of thioether (sulfide) groups is 1. The maximum atomic E-state index is 14.0. The molecule has 2 rings (SSSR count). The van der Waals surface area contributed by atoms with E-state index in [2.05, 4.69) is 5.32 Å². The molecular formula is C22H24Cl3FN2O2S. The van der Waals surface area contributed by atoms with Gasteiger partial charge in [0.25, 0.3) is 0 Å². The van der Waals surface area contributed by atoms with E-state index < -0.39 is 11.9 Å². The number of hydrogen-bond donors (Lipinski definition) is 1. The Hall–Kier alpha value is -1.47. The van der Waals surface area contributed by atoms with Gasteiger partial charge in [-0.2, -0.15) is 0 Å². The molecule has 0 bridgehead atoms. The minimum absolute atomic E-state index is 0.0398. The number of nitrogens with zero attached hydrogens (tertiary/aromatic N) is 1. The van der Waals surface area contributed by atoms with Crippen molar-refractivity contribution < 1.29 is 14.0 Å². The van der Waals surface area contributed by atoms with E-state index in [0.717, 1.165) is 6.42 Å². The molecule has 31 heavy (non-hydrogen) atoms. The maximum Gasteiger partial charge on any atom is 0.242 e. The van der Waals surface area contributed by atoms with Crippen molar-refractivity contribution in [2.45, 2.75) is 38.6 Å². The summed E-state index contributed by atoms with van der Waals surface area (Å²) in [6.45, 7) is 4.20. The average molecular weight is 506 g/mol. The van der Waals surface area contributed by atoms with E-state index in [9.17, 15) is 14.0 Å². The Morgan fingerprint density at radius 2 is 1.65 bits per heavy atom. The molecule has 4 nitrogen and oxygen atoms in total. The molecule has 9 heteroatoms. The zero-order valence-electron chi connectivity index (χ0n) is 17.3. The van der Waals surface area contributed by atoms with E-state index in [0.29, 0.717) is 32.7 Å². The number of rotatable bonds is 10. The zero-order valence-corrected chi connectivity index (χ0v) is 20.3. The molecule has 0 spiro atoms. The Morgan fingerprint density at radius 1 is 1.06 bits per heavy atom. The van der Waals surface area contributed by atoms with Gasteiger partial charge >= 0.3 is 0 Å². The summed E-state index contributed by atoms with van der Waals surface area (Å²) in [7, 11) is 0. The lowest BCUT2D eigenvalue weighted by Crippen LogP contribution is -2.48. The van der Waals surface area contributed by atoms with Crippen LogP contribution in [0.15, 0.2) is 36.4 Å². The van der Waals surface area contributed by atoms with E-state index >= 15 is 0 Å². The molecule has 0 radical (unpaired) electrons. The van der Waals surface area contributed by atoms with Crippen molar-refractivity contribution in [1.82, 2.24) is 10.2 Å². The van der Waals surface area contributed by atoms with Crippen LogP contribution in [-0.2, 0) is 21.9 Å². The van der Waals surface area contributed by atoms with Gasteiger partial charge in [0.1, 0.15) is 11.9 Å². The molecule has 168 valence electrons. The van der Waals surface area contributed by atoms with Crippen LogP contribution in [0.5, 0.6) is 0 Å². The third-order valence-electron chi connectivity index (χ3n) is 4.64. The second-order valence-corrected chi connectivity index (χ2v) is 9.09.